The summed E-state index contributed by atoms with van der Waals surface area (Å²) in [4.78, 5) is 27.3. The standard InChI is InChI=1S/C24H30Cl2N2O3/c1-15(2)12-27-24(30)18(5)28(13-19-9-10-20(25)11-21(19)26)23(29)14-31-22-8-6-7-16(3)17(22)4/h6-11,15,18H,12-14H2,1-5H3,(H,27,30)/t18-/m1/s1. The second kappa shape index (κ2) is 11.4. The molecule has 31 heavy (non-hydrogen) atoms. The number of hydrogen-bond donors (Lipinski definition) is 1. The van der Waals surface area contributed by atoms with Crippen LogP contribution in [0.25, 0.3) is 0 Å². The van der Waals surface area contributed by atoms with Crippen molar-refractivity contribution in [3.8, 4) is 5.75 Å². The Morgan fingerprint density at radius 1 is 1.10 bits per heavy atom. The van der Waals surface area contributed by atoms with Gasteiger partial charge in [0, 0.05) is 23.1 Å². The van der Waals surface area contributed by atoms with E-state index in [1.807, 2.05) is 45.9 Å². The fourth-order valence-corrected chi connectivity index (χ4v) is 3.44. The van der Waals surface area contributed by atoms with Gasteiger partial charge in [0.2, 0.25) is 5.91 Å². The summed E-state index contributed by atoms with van der Waals surface area (Å²) >= 11 is 12.3. The summed E-state index contributed by atoms with van der Waals surface area (Å²) in [7, 11) is 0. The van der Waals surface area contributed by atoms with Crippen LogP contribution >= 0.6 is 23.2 Å². The van der Waals surface area contributed by atoms with E-state index in [1.54, 1.807) is 25.1 Å². The molecule has 1 atom stereocenters. The van der Waals surface area contributed by atoms with E-state index in [9.17, 15) is 9.59 Å². The zero-order valence-corrected chi connectivity index (χ0v) is 20.2. The van der Waals surface area contributed by atoms with Crippen molar-refractivity contribution in [3.63, 3.8) is 0 Å². The average molecular weight is 465 g/mol. The van der Waals surface area contributed by atoms with Crippen LogP contribution in [0.3, 0.4) is 0 Å². The summed E-state index contributed by atoms with van der Waals surface area (Å²) in [5.74, 6) is 0.423. The van der Waals surface area contributed by atoms with Gasteiger partial charge in [0.25, 0.3) is 5.91 Å². The Labute approximate surface area is 194 Å². The van der Waals surface area contributed by atoms with E-state index in [2.05, 4.69) is 5.32 Å². The summed E-state index contributed by atoms with van der Waals surface area (Å²) in [5.41, 5.74) is 2.76. The van der Waals surface area contributed by atoms with Crippen LogP contribution in [0.5, 0.6) is 5.75 Å². The highest BCUT2D eigenvalue weighted by Gasteiger charge is 2.27. The van der Waals surface area contributed by atoms with Crippen molar-refractivity contribution in [3.05, 3.63) is 63.1 Å². The Balaban J connectivity index is 2.21. The van der Waals surface area contributed by atoms with E-state index in [-0.39, 0.29) is 25.0 Å². The number of nitrogens with zero attached hydrogens (tertiary/aromatic N) is 1. The maximum atomic E-state index is 13.1. The maximum absolute atomic E-state index is 13.1. The largest absolute Gasteiger partial charge is 0.483 e. The summed E-state index contributed by atoms with van der Waals surface area (Å²) in [5, 5.41) is 3.84. The minimum absolute atomic E-state index is 0.168. The fourth-order valence-electron chi connectivity index (χ4n) is 2.97. The summed E-state index contributed by atoms with van der Waals surface area (Å²) in [6.45, 7) is 10.2. The lowest BCUT2D eigenvalue weighted by Crippen LogP contribution is -2.49. The van der Waals surface area contributed by atoms with E-state index < -0.39 is 6.04 Å². The van der Waals surface area contributed by atoms with Crippen molar-refractivity contribution < 1.29 is 14.3 Å². The molecule has 0 aliphatic rings. The molecular weight excluding hydrogens is 435 g/mol. The predicted octanol–water partition coefficient (Wildman–Crippen LogP) is 5.18. The van der Waals surface area contributed by atoms with Gasteiger partial charge in [-0.2, -0.15) is 0 Å². The molecule has 0 saturated heterocycles. The highest BCUT2D eigenvalue weighted by atomic mass is 35.5. The lowest BCUT2D eigenvalue weighted by atomic mass is 10.1. The van der Waals surface area contributed by atoms with Crippen molar-refractivity contribution in [2.75, 3.05) is 13.2 Å². The van der Waals surface area contributed by atoms with Crippen LogP contribution in [-0.4, -0.2) is 35.9 Å². The predicted molar refractivity (Wildman–Crippen MR) is 126 cm³/mol. The molecule has 1 N–H and O–H groups in total. The first-order valence-electron chi connectivity index (χ1n) is 10.3. The van der Waals surface area contributed by atoms with Crippen LogP contribution in [-0.2, 0) is 16.1 Å². The summed E-state index contributed by atoms with van der Waals surface area (Å²) in [6, 6.07) is 10.1. The molecule has 0 aromatic heterocycles. The Morgan fingerprint density at radius 3 is 2.45 bits per heavy atom. The minimum Gasteiger partial charge on any atom is -0.483 e. The average Bonchev–Trinajstić information content (AvgIpc) is 2.71. The first-order chi connectivity index (χ1) is 14.6. The molecule has 2 rings (SSSR count). The van der Waals surface area contributed by atoms with E-state index >= 15 is 0 Å². The quantitative estimate of drug-likeness (QED) is 0.555. The van der Waals surface area contributed by atoms with Gasteiger partial charge in [-0.15, -0.1) is 0 Å². The summed E-state index contributed by atoms with van der Waals surface area (Å²) < 4.78 is 5.80. The normalized spacial score (nSPS) is 11.9. The first-order valence-corrected chi connectivity index (χ1v) is 11.1. The second-order valence-corrected chi connectivity index (χ2v) is 8.90. The number of rotatable bonds is 9. The summed E-state index contributed by atoms with van der Waals surface area (Å²) in [6.07, 6.45) is 0. The lowest BCUT2D eigenvalue weighted by Gasteiger charge is -2.29. The van der Waals surface area contributed by atoms with Gasteiger partial charge in [-0.3, -0.25) is 9.59 Å². The Bertz CT molecular complexity index is 931. The van der Waals surface area contributed by atoms with Crippen molar-refractivity contribution >= 4 is 35.0 Å². The maximum Gasteiger partial charge on any atom is 0.261 e. The van der Waals surface area contributed by atoms with Crippen LogP contribution in [0.2, 0.25) is 10.0 Å². The number of halogens is 2. The molecule has 2 amide bonds. The first kappa shape index (κ1) is 25.0. The monoisotopic (exact) mass is 464 g/mol. The van der Waals surface area contributed by atoms with Gasteiger partial charge in [0.05, 0.1) is 0 Å². The highest BCUT2D eigenvalue weighted by molar-refractivity contribution is 6.35. The number of ether oxygens (including phenoxy) is 1. The number of benzene rings is 2. The molecule has 0 fully saturated rings. The molecule has 0 spiro atoms. The van der Waals surface area contributed by atoms with Gasteiger partial charge in [-0.1, -0.05) is 55.2 Å². The third-order valence-electron chi connectivity index (χ3n) is 5.11. The van der Waals surface area contributed by atoms with Crippen molar-refractivity contribution in [1.29, 1.82) is 0 Å². The molecule has 7 heteroatoms. The zero-order chi connectivity index (χ0) is 23.1. The van der Waals surface area contributed by atoms with E-state index in [0.717, 1.165) is 11.1 Å². The molecule has 0 radical (unpaired) electrons. The number of hydrogen-bond acceptors (Lipinski definition) is 3. The van der Waals surface area contributed by atoms with Crippen LogP contribution in [0.1, 0.15) is 37.5 Å². The van der Waals surface area contributed by atoms with Gasteiger partial charge < -0.3 is 15.0 Å². The number of aryl methyl sites for hydroxylation is 1. The van der Waals surface area contributed by atoms with Gasteiger partial charge in [0.15, 0.2) is 6.61 Å². The number of nitrogens with one attached hydrogen (secondary N) is 1. The molecule has 0 aliphatic carbocycles. The van der Waals surface area contributed by atoms with E-state index in [1.165, 1.54) is 4.90 Å². The molecule has 2 aromatic rings. The smallest absolute Gasteiger partial charge is 0.261 e. The molecular formula is C24H30Cl2N2O3. The highest BCUT2D eigenvalue weighted by Crippen LogP contribution is 2.24. The molecule has 0 unspecified atom stereocenters. The van der Waals surface area contributed by atoms with Gasteiger partial charge in [0.1, 0.15) is 11.8 Å². The Morgan fingerprint density at radius 2 is 1.81 bits per heavy atom. The van der Waals surface area contributed by atoms with Gasteiger partial charge >= 0.3 is 0 Å². The number of amides is 2. The van der Waals surface area contributed by atoms with Crippen LogP contribution in [0.15, 0.2) is 36.4 Å². The lowest BCUT2D eigenvalue weighted by molar-refractivity contribution is -0.142. The zero-order valence-electron chi connectivity index (χ0n) is 18.7. The molecule has 2 aromatic carbocycles. The molecule has 0 saturated carbocycles. The SMILES string of the molecule is Cc1cccc(OCC(=O)N(Cc2ccc(Cl)cc2Cl)[C@H](C)C(=O)NCC(C)C)c1C. The van der Waals surface area contributed by atoms with Crippen LogP contribution in [0.4, 0.5) is 0 Å². The molecule has 5 nitrogen and oxygen atoms in total. The van der Waals surface area contributed by atoms with Crippen LogP contribution < -0.4 is 10.1 Å². The van der Waals surface area contributed by atoms with Gasteiger partial charge in [-0.05, 0) is 61.6 Å². The molecule has 168 valence electrons. The molecule has 0 bridgehead atoms. The Hall–Kier alpha value is -2.24. The number of carbonyl (C=O) groups is 2. The van der Waals surface area contributed by atoms with E-state index in [0.29, 0.717) is 33.8 Å². The van der Waals surface area contributed by atoms with Crippen molar-refractivity contribution in [1.82, 2.24) is 10.2 Å². The Kier molecular flexibility index (Phi) is 9.20. The second-order valence-electron chi connectivity index (χ2n) is 8.06. The minimum atomic E-state index is -0.694. The molecule has 0 heterocycles. The third kappa shape index (κ3) is 7.15. The van der Waals surface area contributed by atoms with Crippen molar-refractivity contribution in [2.24, 2.45) is 5.92 Å². The molecule has 0 aliphatic heterocycles. The topological polar surface area (TPSA) is 58.6 Å². The van der Waals surface area contributed by atoms with E-state index in [4.69, 9.17) is 27.9 Å². The fraction of sp³-hybridized carbons (Fsp3) is 0.417. The third-order valence-corrected chi connectivity index (χ3v) is 5.70. The number of carbonyl (C=O) groups excluding carboxylic acids is 2. The van der Waals surface area contributed by atoms with Gasteiger partial charge in [-0.25, -0.2) is 0 Å². The van der Waals surface area contributed by atoms with Crippen LogP contribution in [0, 0.1) is 19.8 Å². The van der Waals surface area contributed by atoms with Crippen molar-refractivity contribution in [2.45, 2.75) is 47.2 Å².